The van der Waals surface area contributed by atoms with Crippen molar-refractivity contribution >= 4 is 11.8 Å². The highest BCUT2D eigenvalue weighted by Gasteiger charge is 2.47. The summed E-state index contributed by atoms with van der Waals surface area (Å²) in [6, 6.07) is 6.38. The Morgan fingerprint density at radius 2 is 2.04 bits per heavy atom. The van der Waals surface area contributed by atoms with E-state index in [4.69, 9.17) is 0 Å². The summed E-state index contributed by atoms with van der Waals surface area (Å²) in [6.45, 7) is 0. The molecule has 1 aliphatic carbocycles. The predicted octanol–water partition coefficient (Wildman–Crippen LogP) is 1.01. The predicted molar refractivity (Wildman–Crippen MR) is 94.4 cm³/mol. The van der Waals surface area contributed by atoms with Gasteiger partial charge in [0.25, 0.3) is 5.91 Å². The van der Waals surface area contributed by atoms with Crippen molar-refractivity contribution in [2.24, 2.45) is 7.05 Å². The number of aromatic nitrogens is 2. The third-order valence-corrected chi connectivity index (χ3v) is 4.99. The van der Waals surface area contributed by atoms with Gasteiger partial charge in [-0.25, -0.2) is 0 Å². The second kappa shape index (κ2) is 6.40. The molecule has 2 aliphatic rings. The largest absolute Gasteiger partial charge is 0.346 e. The van der Waals surface area contributed by atoms with E-state index in [0.717, 1.165) is 18.4 Å². The topological polar surface area (TPSA) is 84.3 Å². The summed E-state index contributed by atoms with van der Waals surface area (Å²) in [4.78, 5) is 42.8. The first-order valence-electron chi connectivity index (χ1n) is 8.73. The van der Waals surface area contributed by atoms with E-state index in [1.165, 1.54) is 22.9 Å². The molecular weight excluding hydrogens is 332 g/mol. The third kappa shape index (κ3) is 3.00. The van der Waals surface area contributed by atoms with Gasteiger partial charge in [0.2, 0.25) is 11.5 Å². The number of rotatable bonds is 4. The van der Waals surface area contributed by atoms with E-state index in [-0.39, 0.29) is 41.9 Å². The van der Waals surface area contributed by atoms with Gasteiger partial charge >= 0.3 is 0 Å². The van der Waals surface area contributed by atoms with Crippen molar-refractivity contribution in [3.63, 3.8) is 0 Å². The number of likely N-dealkylation sites (tertiary alicyclic amines) is 1. The highest BCUT2D eigenvalue weighted by atomic mass is 16.2. The molecule has 4 rings (SSSR count). The monoisotopic (exact) mass is 352 g/mol. The van der Waals surface area contributed by atoms with Crippen molar-refractivity contribution in [3.05, 3.63) is 64.3 Å². The van der Waals surface area contributed by atoms with E-state index >= 15 is 0 Å². The maximum Gasteiger partial charge on any atom is 0.253 e. The Hall–Kier alpha value is -2.96. The minimum atomic E-state index is -0.322. The van der Waals surface area contributed by atoms with Crippen LogP contribution in [0, 0.1) is 0 Å². The molecule has 2 atom stereocenters. The van der Waals surface area contributed by atoms with Gasteiger partial charge in [0, 0.05) is 44.2 Å². The first-order valence-corrected chi connectivity index (χ1v) is 8.73. The lowest BCUT2D eigenvalue weighted by Gasteiger charge is -2.28. The molecular formula is C19H20N4O3. The van der Waals surface area contributed by atoms with Crippen LogP contribution in [0.15, 0.2) is 47.7 Å². The Bertz CT molecular complexity index is 905. The Labute approximate surface area is 150 Å². The summed E-state index contributed by atoms with van der Waals surface area (Å²) in [5.74, 6) is -0.225. The fourth-order valence-corrected chi connectivity index (χ4v) is 3.59. The van der Waals surface area contributed by atoms with E-state index in [0.29, 0.717) is 5.56 Å². The van der Waals surface area contributed by atoms with Gasteiger partial charge in [-0.05, 0) is 30.5 Å². The molecule has 2 fully saturated rings. The number of pyridine rings is 2. The van der Waals surface area contributed by atoms with Crippen molar-refractivity contribution in [1.29, 1.82) is 0 Å². The summed E-state index contributed by atoms with van der Waals surface area (Å²) in [6.07, 6.45) is 7.23. The molecule has 2 amide bonds. The minimum Gasteiger partial charge on any atom is -0.346 e. The van der Waals surface area contributed by atoms with Crippen LogP contribution in [0.25, 0.3) is 0 Å². The second-order valence-electron chi connectivity index (χ2n) is 6.91. The zero-order valence-electron chi connectivity index (χ0n) is 14.5. The van der Waals surface area contributed by atoms with Gasteiger partial charge in [-0.2, -0.15) is 0 Å². The SMILES string of the molecule is Cn1cc(C(=O)N[C@@H]2CC(=O)N(C3CC3)[C@H]2c2cccnc2)ccc1=O. The molecule has 7 nitrogen and oxygen atoms in total. The normalized spacial score (nSPS) is 22.5. The van der Waals surface area contributed by atoms with E-state index in [2.05, 4.69) is 10.3 Å². The molecule has 1 saturated carbocycles. The summed E-state index contributed by atoms with van der Waals surface area (Å²) in [7, 11) is 1.60. The molecule has 0 unspecified atom stereocenters. The van der Waals surface area contributed by atoms with E-state index in [1.807, 2.05) is 17.0 Å². The average molecular weight is 352 g/mol. The van der Waals surface area contributed by atoms with Gasteiger partial charge in [0.15, 0.2) is 0 Å². The van der Waals surface area contributed by atoms with E-state index < -0.39 is 0 Å². The molecule has 0 spiro atoms. The first-order chi connectivity index (χ1) is 12.5. The zero-order valence-corrected chi connectivity index (χ0v) is 14.5. The van der Waals surface area contributed by atoms with Gasteiger partial charge in [0.1, 0.15) is 0 Å². The quantitative estimate of drug-likeness (QED) is 0.890. The number of nitrogens with one attached hydrogen (secondary N) is 1. The number of aryl methyl sites for hydroxylation is 1. The zero-order chi connectivity index (χ0) is 18.3. The molecule has 1 saturated heterocycles. The smallest absolute Gasteiger partial charge is 0.253 e. The van der Waals surface area contributed by atoms with Crippen molar-refractivity contribution in [2.75, 3.05) is 0 Å². The van der Waals surface area contributed by atoms with Gasteiger partial charge in [-0.3, -0.25) is 19.4 Å². The molecule has 0 radical (unpaired) electrons. The summed E-state index contributed by atoms with van der Waals surface area (Å²) in [5.41, 5.74) is 1.15. The second-order valence-corrected chi connectivity index (χ2v) is 6.91. The van der Waals surface area contributed by atoms with Crippen molar-refractivity contribution in [1.82, 2.24) is 19.8 Å². The van der Waals surface area contributed by atoms with Crippen molar-refractivity contribution in [2.45, 2.75) is 37.4 Å². The summed E-state index contributed by atoms with van der Waals surface area (Å²) < 4.78 is 1.36. The average Bonchev–Trinajstić information content (AvgIpc) is 3.41. The molecule has 1 aliphatic heterocycles. The summed E-state index contributed by atoms with van der Waals surface area (Å²) in [5, 5.41) is 2.99. The van der Waals surface area contributed by atoms with Gasteiger partial charge in [-0.15, -0.1) is 0 Å². The maximum absolute atomic E-state index is 12.7. The number of carbonyl (C=O) groups excluding carboxylic acids is 2. The van der Waals surface area contributed by atoms with Gasteiger partial charge in [-0.1, -0.05) is 6.07 Å². The standard InChI is InChI=1S/C19H20N4O3/c1-22-11-13(4-7-16(22)24)19(26)21-15-9-17(25)23(14-5-6-14)18(15)12-3-2-8-20-10-12/h2-4,7-8,10-11,14-15,18H,5-6,9H2,1H3,(H,21,26)/t15-,18+/m1/s1. The fraction of sp³-hybridized carbons (Fsp3) is 0.368. The number of hydrogen-bond acceptors (Lipinski definition) is 4. The van der Waals surface area contributed by atoms with Crippen LogP contribution in [0.4, 0.5) is 0 Å². The number of carbonyl (C=O) groups is 2. The molecule has 2 aromatic rings. The maximum atomic E-state index is 12.7. The van der Waals surface area contributed by atoms with Crippen LogP contribution in [-0.2, 0) is 11.8 Å². The number of amides is 2. The first kappa shape index (κ1) is 16.5. The molecule has 3 heterocycles. The van der Waals surface area contributed by atoms with E-state index in [1.54, 1.807) is 19.4 Å². The Morgan fingerprint density at radius 1 is 1.23 bits per heavy atom. The molecule has 134 valence electrons. The summed E-state index contributed by atoms with van der Waals surface area (Å²) >= 11 is 0. The van der Waals surface area contributed by atoms with E-state index in [9.17, 15) is 14.4 Å². The third-order valence-electron chi connectivity index (χ3n) is 4.99. The van der Waals surface area contributed by atoms with Crippen molar-refractivity contribution in [3.8, 4) is 0 Å². The number of nitrogens with zero attached hydrogens (tertiary/aromatic N) is 3. The molecule has 0 bridgehead atoms. The van der Waals surface area contributed by atoms with Crippen LogP contribution < -0.4 is 10.9 Å². The van der Waals surface area contributed by atoms with Crippen LogP contribution in [0.5, 0.6) is 0 Å². The van der Waals surface area contributed by atoms with Crippen LogP contribution >= 0.6 is 0 Å². The highest BCUT2D eigenvalue weighted by Crippen LogP contribution is 2.41. The van der Waals surface area contributed by atoms with Crippen molar-refractivity contribution < 1.29 is 9.59 Å². The lowest BCUT2D eigenvalue weighted by Crippen LogP contribution is -2.40. The Balaban J connectivity index is 1.61. The van der Waals surface area contributed by atoms with Gasteiger partial charge in [0.05, 0.1) is 17.6 Å². The molecule has 7 heteroatoms. The Morgan fingerprint density at radius 3 is 2.69 bits per heavy atom. The highest BCUT2D eigenvalue weighted by molar-refractivity contribution is 5.95. The van der Waals surface area contributed by atoms with Crippen LogP contribution in [0.1, 0.15) is 41.2 Å². The number of hydrogen-bond donors (Lipinski definition) is 1. The molecule has 2 aromatic heterocycles. The lowest BCUT2D eigenvalue weighted by molar-refractivity contribution is -0.129. The minimum absolute atomic E-state index is 0.0621. The van der Waals surface area contributed by atoms with Gasteiger partial charge < -0.3 is 14.8 Å². The lowest BCUT2D eigenvalue weighted by atomic mass is 10.0. The van der Waals surface area contributed by atoms with Crippen LogP contribution in [0.2, 0.25) is 0 Å². The molecule has 26 heavy (non-hydrogen) atoms. The molecule has 1 N–H and O–H groups in total. The fourth-order valence-electron chi connectivity index (χ4n) is 3.59. The Kier molecular flexibility index (Phi) is 4.06. The molecule has 0 aromatic carbocycles. The van der Waals surface area contributed by atoms with Crippen LogP contribution in [0.3, 0.4) is 0 Å². The van der Waals surface area contributed by atoms with Crippen LogP contribution in [-0.4, -0.2) is 38.3 Å².